The van der Waals surface area contributed by atoms with Gasteiger partial charge in [0.15, 0.2) is 0 Å². The van der Waals surface area contributed by atoms with Crippen molar-refractivity contribution in [3.8, 4) is 0 Å². The molecule has 0 atom stereocenters. The highest BCUT2D eigenvalue weighted by molar-refractivity contribution is 6.31. The van der Waals surface area contributed by atoms with Crippen molar-refractivity contribution in [3.05, 3.63) is 58.6 Å². The number of amides is 1. The lowest BCUT2D eigenvalue weighted by Gasteiger charge is -2.20. The Bertz CT molecular complexity index is 716. The molecule has 108 valence electrons. The van der Waals surface area contributed by atoms with Crippen LogP contribution in [-0.2, 0) is 0 Å². The fourth-order valence-electron chi connectivity index (χ4n) is 1.94. The van der Waals surface area contributed by atoms with Gasteiger partial charge in [-0.1, -0.05) is 17.7 Å². The summed E-state index contributed by atoms with van der Waals surface area (Å²) in [4.78, 5) is 24.9. The number of nitrogens with zero attached hydrogens (tertiary/aromatic N) is 1. The van der Waals surface area contributed by atoms with Crippen molar-refractivity contribution in [2.75, 3.05) is 17.7 Å². The molecule has 5 nitrogen and oxygen atoms in total. The fraction of sp³-hybridized carbons (Fsp3) is 0.0667. The number of carbonyl (C=O) groups is 2. The molecule has 0 aromatic heterocycles. The molecule has 2 aromatic rings. The standard InChI is InChI=1S/C15H13ClN2O3/c1-18(14(19)9-3-2-4-10(16)7-9)13-6-5-11(17)8-12(13)15(20)21/h2-8H,17H2,1H3,(H,20,21). The van der Waals surface area contributed by atoms with E-state index >= 15 is 0 Å². The first-order chi connectivity index (χ1) is 9.90. The van der Waals surface area contributed by atoms with Gasteiger partial charge >= 0.3 is 5.97 Å². The molecule has 0 spiro atoms. The van der Waals surface area contributed by atoms with Crippen molar-refractivity contribution in [2.45, 2.75) is 0 Å². The van der Waals surface area contributed by atoms with Crippen LogP contribution in [0.2, 0.25) is 5.02 Å². The maximum absolute atomic E-state index is 12.4. The molecule has 0 saturated heterocycles. The zero-order valence-electron chi connectivity index (χ0n) is 11.2. The van der Waals surface area contributed by atoms with E-state index in [-0.39, 0.29) is 17.2 Å². The van der Waals surface area contributed by atoms with Gasteiger partial charge in [-0.25, -0.2) is 4.79 Å². The molecule has 0 radical (unpaired) electrons. The molecule has 0 unspecified atom stereocenters. The summed E-state index contributed by atoms with van der Waals surface area (Å²) in [6.45, 7) is 0. The lowest BCUT2D eigenvalue weighted by atomic mass is 10.1. The fourth-order valence-corrected chi connectivity index (χ4v) is 2.13. The third-order valence-corrected chi connectivity index (χ3v) is 3.22. The molecule has 0 aliphatic heterocycles. The Morgan fingerprint density at radius 3 is 2.52 bits per heavy atom. The normalized spacial score (nSPS) is 10.2. The summed E-state index contributed by atoms with van der Waals surface area (Å²) in [7, 11) is 1.50. The number of halogens is 1. The van der Waals surface area contributed by atoms with Crippen molar-refractivity contribution >= 4 is 34.9 Å². The number of nitrogen functional groups attached to an aromatic ring is 1. The van der Waals surface area contributed by atoms with Gasteiger partial charge in [-0.05, 0) is 36.4 Å². The highest BCUT2D eigenvalue weighted by Crippen LogP contribution is 2.24. The Hall–Kier alpha value is -2.53. The predicted molar refractivity (Wildman–Crippen MR) is 82.0 cm³/mol. The number of hydrogen-bond acceptors (Lipinski definition) is 3. The first kappa shape index (κ1) is 14.9. The van der Waals surface area contributed by atoms with Gasteiger partial charge < -0.3 is 15.7 Å². The van der Waals surface area contributed by atoms with E-state index < -0.39 is 5.97 Å². The molecule has 0 aliphatic carbocycles. The number of rotatable bonds is 3. The van der Waals surface area contributed by atoms with Crippen molar-refractivity contribution in [2.24, 2.45) is 0 Å². The summed E-state index contributed by atoms with van der Waals surface area (Å²) in [5.74, 6) is -1.51. The predicted octanol–water partition coefficient (Wildman–Crippen LogP) is 2.90. The molecule has 0 saturated carbocycles. The van der Waals surface area contributed by atoms with Gasteiger partial charge in [-0.15, -0.1) is 0 Å². The van der Waals surface area contributed by atoms with E-state index in [9.17, 15) is 14.7 Å². The summed E-state index contributed by atoms with van der Waals surface area (Å²) >= 11 is 5.86. The zero-order valence-corrected chi connectivity index (χ0v) is 12.0. The lowest BCUT2D eigenvalue weighted by Crippen LogP contribution is -2.28. The Balaban J connectivity index is 2.42. The van der Waals surface area contributed by atoms with Gasteiger partial charge in [0, 0.05) is 23.3 Å². The summed E-state index contributed by atoms with van der Waals surface area (Å²) in [5, 5.41) is 9.66. The summed E-state index contributed by atoms with van der Waals surface area (Å²) in [6, 6.07) is 10.8. The number of carbonyl (C=O) groups excluding carboxylic acids is 1. The molecule has 2 aromatic carbocycles. The number of benzene rings is 2. The number of anilines is 2. The SMILES string of the molecule is CN(C(=O)c1cccc(Cl)c1)c1ccc(N)cc1C(=O)O. The van der Waals surface area contributed by atoms with Gasteiger partial charge in [0.1, 0.15) is 0 Å². The third kappa shape index (κ3) is 3.14. The third-order valence-electron chi connectivity index (χ3n) is 2.99. The Kier molecular flexibility index (Phi) is 4.14. The lowest BCUT2D eigenvalue weighted by molar-refractivity contribution is 0.0698. The Labute approximate surface area is 126 Å². The molecule has 21 heavy (non-hydrogen) atoms. The monoisotopic (exact) mass is 304 g/mol. The Morgan fingerprint density at radius 1 is 1.19 bits per heavy atom. The average molecular weight is 305 g/mol. The van der Waals surface area contributed by atoms with Gasteiger partial charge in [-0.3, -0.25) is 4.79 Å². The Morgan fingerprint density at radius 2 is 1.90 bits per heavy atom. The van der Waals surface area contributed by atoms with Gasteiger partial charge in [0.2, 0.25) is 0 Å². The van der Waals surface area contributed by atoms with Crippen LogP contribution in [0.5, 0.6) is 0 Å². The number of carboxylic acid groups (broad SMARTS) is 1. The minimum atomic E-state index is -1.15. The molecule has 6 heteroatoms. The second kappa shape index (κ2) is 5.85. The van der Waals surface area contributed by atoms with E-state index in [2.05, 4.69) is 0 Å². The van der Waals surface area contributed by atoms with Crippen LogP contribution in [0.1, 0.15) is 20.7 Å². The average Bonchev–Trinajstić information content (AvgIpc) is 2.45. The summed E-state index contributed by atoms with van der Waals surface area (Å²) in [5.41, 5.74) is 6.51. The number of aromatic carboxylic acids is 1. The highest BCUT2D eigenvalue weighted by Gasteiger charge is 2.19. The van der Waals surface area contributed by atoms with Crippen LogP contribution in [0.3, 0.4) is 0 Å². The molecule has 0 bridgehead atoms. The zero-order chi connectivity index (χ0) is 15.6. The maximum Gasteiger partial charge on any atom is 0.337 e. The second-order valence-corrected chi connectivity index (χ2v) is 4.89. The van der Waals surface area contributed by atoms with Crippen molar-refractivity contribution in [1.82, 2.24) is 0 Å². The minimum Gasteiger partial charge on any atom is -0.478 e. The van der Waals surface area contributed by atoms with Crippen molar-refractivity contribution in [1.29, 1.82) is 0 Å². The first-order valence-electron chi connectivity index (χ1n) is 6.06. The highest BCUT2D eigenvalue weighted by atomic mass is 35.5. The van der Waals surface area contributed by atoms with Crippen LogP contribution < -0.4 is 10.6 Å². The van der Waals surface area contributed by atoms with Gasteiger partial charge in [-0.2, -0.15) is 0 Å². The molecule has 0 heterocycles. The largest absolute Gasteiger partial charge is 0.478 e. The first-order valence-corrected chi connectivity index (χ1v) is 6.44. The number of carboxylic acids is 1. The second-order valence-electron chi connectivity index (χ2n) is 4.46. The topological polar surface area (TPSA) is 83.6 Å². The van der Waals surface area contributed by atoms with Gasteiger partial charge in [0.25, 0.3) is 5.91 Å². The number of nitrogens with two attached hydrogens (primary N) is 1. The van der Waals surface area contributed by atoms with Crippen LogP contribution in [-0.4, -0.2) is 24.0 Å². The number of hydrogen-bond donors (Lipinski definition) is 2. The van der Waals surface area contributed by atoms with Crippen LogP contribution in [0, 0.1) is 0 Å². The van der Waals surface area contributed by atoms with Crippen LogP contribution >= 0.6 is 11.6 Å². The minimum absolute atomic E-state index is 0.0344. The smallest absolute Gasteiger partial charge is 0.337 e. The van der Waals surface area contributed by atoms with E-state index in [1.165, 1.54) is 30.1 Å². The molecule has 2 rings (SSSR count). The van der Waals surface area contributed by atoms with E-state index in [1.54, 1.807) is 24.3 Å². The van der Waals surface area contributed by atoms with Crippen LogP contribution in [0.15, 0.2) is 42.5 Å². The molecular weight excluding hydrogens is 292 g/mol. The molecule has 0 fully saturated rings. The van der Waals surface area contributed by atoms with Gasteiger partial charge in [0.05, 0.1) is 11.3 Å². The molecule has 1 amide bonds. The maximum atomic E-state index is 12.4. The van der Waals surface area contributed by atoms with E-state index in [4.69, 9.17) is 17.3 Å². The molecular formula is C15H13ClN2O3. The van der Waals surface area contributed by atoms with Crippen molar-refractivity contribution < 1.29 is 14.7 Å². The van der Waals surface area contributed by atoms with E-state index in [0.717, 1.165) is 0 Å². The quantitative estimate of drug-likeness (QED) is 0.854. The van der Waals surface area contributed by atoms with Crippen LogP contribution in [0.4, 0.5) is 11.4 Å². The summed E-state index contributed by atoms with van der Waals surface area (Å²) < 4.78 is 0. The van der Waals surface area contributed by atoms with Crippen LogP contribution in [0.25, 0.3) is 0 Å². The summed E-state index contributed by atoms with van der Waals surface area (Å²) in [6.07, 6.45) is 0. The van der Waals surface area contributed by atoms with Crippen molar-refractivity contribution in [3.63, 3.8) is 0 Å². The molecule has 0 aliphatic rings. The molecule has 3 N–H and O–H groups in total. The van der Waals surface area contributed by atoms with E-state index in [0.29, 0.717) is 16.3 Å². The van der Waals surface area contributed by atoms with E-state index in [1.807, 2.05) is 0 Å².